The molecule has 2 aromatic rings. The van der Waals surface area contributed by atoms with E-state index in [1.165, 1.54) is 24.4 Å². The van der Waals surface area contributed by atoms with Crippen molar-refractivity contribution in [3.05, 3.63) is 59.2 Å². The molecule has 1 N–H and O–H groups in total. The van der Waals surface area contributed by atoms with E-state index in [0.717, 1.165) is 0 Å². The van der Waals surface area contributed by atoms with E-state index in [9.17, 15) is 4.39 Å². The second-order valence-electron chi connectivity index (χ2n) is 4.07. The molecule has 1 aromatic carbocycles. The molecule has 0 aliphatic rings. The van der Waals surface area contributed by atoms with Gasteiger partial charge in [-0.25, -0.2) is 4.39 Å². The van der Waals surface area contributed by atoms with E-state index in [0.29, 0.717) is 22.4 Å². The third kappa shape index (κ3) is 4.04. The summed E-state index contributed by atoms with van der Waals surface area (Å²) in [7, 11) is 0. The monoisotopic (exact) mass is 282 g/mol. The molecule has 0 amide bonds. The Morgan fingerprint density at radius 3 is 2.90 bits per heavy atom. The van der Waals surface area contributed by atoms with Crippen LogP contribution in [-0.2, 0) is 6.61 Å². The highest BCUT2D eigenvalue weighted by Gasteiger charge is 2.05. The normalized spacial score (nSPS) is 9.38. The second kappa shape index (κ2) is 7.04. The van der Waals surface area contributed by atoms with Crippen molar-refractivity contribution in [3.63, 3.8) is 0 Å². The summed E-state index contributed by atoms with van der Waals surface area (Å²) in [5.41, 5.74) is 1.42. The lowest BCUT2D eigenvalue weighted by Crippen LogP contribution is -1.99. The Hall–Kier alpha value is -2.89. The second-order valence-corrected chi connectivity index (χ2v) is 4.07. The number of aliphatic hydroxyl groups excluding tert-OH is 1. The van der Waals surface area contributed by atoms with E-state index in [1.54, 1.807) is 12.3 Å². The summed E-state index contributed by atoms with van der Waals surface area (Å²) in [4.78, 5) is 3.96. The molecule has 0 fully saturated rings. The number of rotatable bonds is 3. The number of ether oxygens (including phenoxy) is 1. The highest BCUT2D eigenvalue weighted by atomic mass is 19.1. The van der Waals surface area contributed by atoms with Gasteiger partial charge in [-0.15, -0.1) is 0 Å². The summed E-state index contributed by atoms with van der Waals surface area (Å²) >= 11 is 0. The standard InChI is InChI=1S/C16H11FN2O2/c17-15-4-3-13(8-18)14(7-15)11-21-16-6-12(2-1-5-20)9-19-10-16/h3-4,6-7,9-10,20H,5,11H2. The minimum atomic E-state index is -0.423. The van der Waals surface area contributed by atoms with Gasteiger partial charge in [0.2, 0.25) is 0 Å². The van der Waals surface area contributed by atoms with Crippen LogP contribution in [0.4, 0.5) is 4.39 Å². The first-order valence-electron chi connectivity index (χ1n) is 6.09. The van der Waals surface area contributed by atoms with Crippen LogP contribution in [0.5, 0.6) is 5.75 Å². The van der Waals surface area contributed by atoms with E-state index in [1.807, 2.05) is 6.07 Å². The van der Waals surface area contributed by atoms with Gasteiger partial charge in [0.1, 0.15) is 24.8 Å². The quantitative estimate of drug-likeness (QED) is 0.875. The first-order chi connectivity index (χ1) is 10.2. The van der Waals surface area contributed by atoms with Crippen molar-refractivity contribution in [1.29, 1.82) is 5.26 Å². The van der Waals surface area contributed by atoms with Crippen molar-refractivity contribution >= 4 is 0 Å². The van der Waals surface area contributed by atoms with Crippen molar-refractivity contribution in [3.8, 4) is 23.7 Å². The average Bonchev–Trinajstić information content (AvgIpc) is 2.51. The Labute approximate surface area is 121 Å². The van der Waals surface area contributed by atoms with Gasteiger partial charge in [0.05, 0.1) is 17.8 Å². The number of hydrogen-bond donors (Lipinski definition) is 1. The maximum absolute atomic E-state index is 13.2. The predicted octanol–water partition coefficient (Wildman–Crippen LogP) is 2.02. The van der Waals surface area contributed by atoms with Gasteiger partial charge in [0.15, 0.2) is 0 Å². The minimum absolute atomic E-state index is 0.0548. The lowest BCUT2D eigenvalue weighted by Gasteiger charge is -2.07. The first kappa shape index (κ1) is 14.5. The largest absolute Gasteiger partial charge is 0.487 e. The highest BCUT2D eigenvalue weighted by Crippen LogP contribution is 2.16. The summed E-state index contributed by atoms with van der Waals surface area (Å²) in [6, 6.07) is 7.55. The fourth-order valence-electron chi connectivity index (χ4n) is 1.66. The molecule has 0 aliphatic carbocycles. The molecule has 2 rings (SSSR count). The van der Waals surface area contributed by atoms with Gasteiger partial charge >= 0.3 is 0 Å². The van der Waals surface area contributed by atoms with Crippen molar-refractivity contribution in [2.75, 3.05) is 6.61 Å². The average molecular weight is 282 g/mol. The molecule has 0 saturated carbocycles. The van der Waals surface area contributed by atoms with Gasteiger partial charge in [0, 0.05) is 17.3 Å². The smallest absolute Gasteiger partial charge is 0.139 e. The lowest BCUT2D eigenvalue weighted by atomic mass is 10.1. The van der Waals surface area contributed by atoms with Crippen LogP contribution in [0.15, 0.2) is 36.7 Å². The number of nitrogens with zero attached hydrogens (tertiary/aromatic N) is 2. The number of halogens is 1. The zero-order valence-corrected chi connectivity index (χ0v) is 11.0. The zero-order valence-electron chi connectivity index (χ0n) is 11.0. The Balaban J connectivity index is 2.13. The Morgan fingerprint density at radius 2 is 2.14 bits per heavy atom. The molecule has 4 nitrogen and oxygen atoms in total. The summed E-state index contributed by atoms with van der Waals surface area (Å²) < 4.78 is 18.7. The van der Waals surface area contributed by atoms with Gasteiger partial charge in [-0.05, 0) is 24.3 Å². The van der Waals surface area contributed by atoms with Gasteiger partial charge in [-0.2, -0.15) is 5.26 Å². The number of nitriles is 1. The molecule has 0 atom stereocenters. The fraction of sp³-hybridized carbons (Fsp3) is 0.125. The number of aliphatic hydroxyl groups is 1. The van der Waals surface area contributed by atoms with Crippen LogP contribution in [-0.4, -0.2) is 16.7 Å². The fourth-order valence-corrected chi connectivity index (χ4v) is 1.66. The summed E-state index contributed by atoms with van der Waals surface area (Å²) in [6.45, 7) is -0.181. The number of aromatic nitrogens is 1. The van der Waals surface area contributed by atoms with Gasteiger partial charge in [0.25, 0.3) is 0 Å². The van der Waals surface area contributed by atoms with Crippen molar-refractivity contribution < 1.29 is 14.2 Å². The van der Waals surface area contributed by atoms with E-state index < -0.39 is 5.82 Å². The third-order valence-electron chi connectivity index (χ3n) is 2.61. The molecule has 104 valence electrons. The summed E-state index contributed by atoms with van der Waals surface area (Å²) in [6.07, 6.45) is 3.04. The van der Waals surface area contributed by atoms with Crippen LogP contribution in [0.1, 0.15) is 16.7 Å². The number of pyridine rings is 1. The lowest BCUT2D eigenvalue weighted by molar-refractivity contribution is 0.304. The van der Waals surface area contributed by atoms with Gasteiger partial charge < -0.3 is 9.84 Å². The molecule has 0 aliphatic heterocycles. The molecule has 0 saturated heterocycles. The van der Waals surface area contributed by atoms with E-state index in [4.69, 9.17) is 15.1 Å². The predicted molar refractivity (Wildman–Crippen MR) is 73.6 cm³/mol. The SMILES string of the molecule is N#Cc1ccc(F)cc1COc1cncc(C#CCO)c1. The Kier molecular flexibility index (Phi) is 4.87. The molecule has 1 aromatic heterocycles. The minimum Gasteiger partial charge on any atom is -0.487 e. The topological polar surface area (TPSA) is 66.1 Å². The molecule has 0 radical (unpaired) electrons. The van der Waals surface area contributed by atoms with Crippen molar-refractivity contribution in [2.24, 2.45) is 0 Å². The zero-order chi connectivity index (χ0) is 15.1. The molecule has 1 heterocycles. The van der Waals surface area contributed by atoms with Crippen LogP contribution < -0.4 is 4.74 Å². The molecule has 0 unspecified atom stereocenters. The molecule has 21 heavy (non-hydrogen) atoms. The Morgan fingerprint density at radius 1 is 1.29 bits per heavy atom. The third-order valence-corrected chi connectivity index (χ3v) is 2.61. The number of hydrogen-bond acceptors (Lipinski definition) is 4. The van der Waals surface area contributed by atoms with Crippen LogP contribution in [0.3, 0.4) is 0 Å². The maximum Gasteiger partial charge on any atom is 0.139 e. The van der Waals surface area contributed by atoms with Gasteiger partial charge in [-0.1, -0.05) is 11.8 Å². The highest BCUT2D eigenvalue weighted by molar-refractivity contribution is 5.39. The van der Waals surface area contributed by atoms with E-state index in [-0.39, 0.29) is 13.2 Å². The van der Waals surface area contributed by atoms with E-state index >= 15 is 0 Å². The summed E-state index contributed by atoms with van der Waals surface area (Å²) in [5.74, 6) is 5.25. The maximum atomic E-state index is 13.2. The van der Waals surface area contributed by atoms with Gasteiger partial charge in [-0.3, -0.25) is 4.98 Å². The first-order valence-corrected chi connectivity index (χ1v) is 6.09. The molecule has 0 spiro atoms. The molecule has 0 bridgehead atoms. The summed E-state index contributed by atoms with van der Waals surface area (Å²) in [5, 5.41) is 17.6. The van der Waals surface area contributed by atoms with Crippen molar-refractivity contribution in [1.82, 2.24) is 4.98 Å². The molecular weight excluding hydrogens is 271 g/mol. The van der Waals surface area contributed by atoms with Crippen LogP contribution in [0.25, 0.3) is 0 Å². The van der Waals surface area contributed by atoms with Crippen LogP contribution in [0.2, 0.25) is 0 Å². The molecule has 5 heteroatoms. The van der Waals surface area contributed by atoms with Crippen LogP contribution >= 0.6 is 0 Å². The Bertz CT molecular complexity index is 742. The number of benzene rings is 1. The van der Waals surface area contributed by atoms with E-state index in [2.05, 4.69) is 16.8 Å². The van der Waals surface area contributed by atoms with Crippen LogP contribution in [0, 0.1) is 29.0 Å². The molecular formula is C16H11FN2O2. The van der Waals surface area contributed by atoms with Crippen molar-refractivity contribution in [2.45, 2.75) is 6.61 Å².